The number of hydrogen-bond donors (Lipinski definition) is 1. The highest BCUT2D eigenvalue weighted by molar-refractivity contribution is 5.80. The molecule has 4 atom stereocenters. The summed E-state index contributed by atoms with van der Waals surface area (Å²) in [6.07, 6.45) is 13.5. The van der Waals surface area contributed by atoms with Crippen molar-refractivity contribution in [2.45, 2.75) is 82.7 Å². The van der Waals surface area contributed by atoms with Gasteiger partial charge < -0.3 is 10.6 Å². The Morgan fingerprint density at radius 3 is 2.45 bits per heavy atom. The molecule has 3 nitrogen and oxygen atoms in total. The molecule has 0 aromatic rings. The predicted molar refractivity (Wildman–Crippen MR) is 81.2 cm³/mol. The van der Waals surface area contributed by atoms with Crippen LogP contribution in [0, 0.1) is 11.8 Å². The molecule has 114 valence electrons. The molecule has 2 aliphatic carbocycles. The number of hydrogen-bond acceptors (Lipinski definition) is 2. The SMILES string of the molecule is NC1CCCCCC1C(=O)N1CCC[C@H]2CCCC[C@H]21. The largest absolute Gasteiger partial charge is 0.339 e. The van der Waals surface area contributed by atoms with Crippen molar-refractivity contribution in [1.82, 2.24) is 4.90 Å². The number of carbonyl (C=O) groups is 1. The van der Waals surface area contributed by atoms with Crippen molar-refractivity contribution in [2.75, 3.05) is 6.54 Å². The Kier molecular flexibility index (Phi) is 4.65. The van der Waals surface area contributed by atoms with Crippen molar-refractivity contribution in [2.24, 2.45) is 17.6 Å². The molecule has 0 bridgehead atoms. The number of nitrogens with two attached hydrogens (primary N) is 1. The van der Waals surface area contributed by atoms with Gasteiger partial charge >= 0.3 is 0 Å². The third-order valence-electron chi connectivity index (χ3n) is 5.91. The van der Waals surface area contributed by atoms with Crippen LogP contribution in [0.2, 0.25) is 0 Å². The molecule has 0 aromatic carbocycles. The highest BCUT2D eigenvalue weighted by atomic mass is 16.2. The standard InChI is InChI=1S/C17H30N2O/c18-15-10-3-1-2-9-14(15)17(20)19-12-6-8-13-7-4-5-11-16(13)19/h13-16H,1-12,18H2/t13-,14?,15?,16-/m1/s1. The minimum atomic E-state index is 0.106. The summed E-state index contributed by atoms with van der Waals surface area (Å²) in [5, 5.41) is 0. The van der Waals surface area contributed by atoms with Crippen LogP contribution in [0.15, 0.2) is 0 Å². The quantitative estimate of drug-likeness (QED) is 0.749. The van der Waals surface area contributed by atoms with Gasteiger partial charge in [0.2, 0.25) is 5.91 Å². The van der Waals surface area contributed by atoms with Crippen molar-refractivity contribution in [1.29, 1.82) is 0 Å². The van der Waals surface area contributed by atoms with Crippen LogP contribution < -0.4 is 5.73 Å². The number of likely N-dealkylation sites (tertiary alicyclic amines) is 1. The van der Waals surface area contributed by atoms with E-state index < -0.39 is 0 Å². The molecular formula is C17H30N2O. The first-order chi connectivity index (χ1) is 9.77. The highest BCUT2D eigenvalue weighted by Gasteiger charge is 2.39. The van der Waals surface area contributed by atoms with E-state index in [0.29, 0.717) is 11.9 Å². The maximum Gasteiger partial charge on any atom is 0.227 e. The molecule has 2 unspecified atom stereocenters. The number of piperidine rings is 1. The third kappa shape index (κ3) is 2.88. The first-order valence-electron chi connectivity index (χ1n) is 8.83. The van der Waals surface area contributed by atoms with Gasteiger partial charge in [0.1, 0.15) is 0 Å². The minimum Gasteiger partial charge on any atom is -0.339 e. The lowest BCUT2D eigenvalue weighted by atomic mass is 9.77. The number of fused-ring (bicyclic) bond motifs is 1. The van der Waals surface area contributed by atoms with Crippen LogP contribution in [0.1, 0.15) is 70.6 Å². The molecule has 0 aromatic heterocycles. The minimum absolute atomic E-state index is 0.106. The van der Waals surface area contributed by atoms with Gasteiger partial charge in [-0.1, -0.05) is 32.1 Å². The maximum absolute atomic E-state index is 13.0. The van der Waals surface area contributed by atoms with E-state index in [2.05, 4.69) is 4.90 Å². The normalized spacial score (nSPS) is 39.0. The lowest BCUT2D eigenvalue weighted by molar-refractivity contribution is -0.143. The Hall–Kier alpha value is -0.570. The topological polar surface area (TPSA) is 46.3 Å². The highest BCUT2D eigenvalue weighted by Crippen LogP contribution is 2.37. The van der Waals surface area contributed by atoms with Crippen LogP contribution >= 0.6 is 0 Å². The number of nitrogens with zero attached hydrogens (tertiary/aromatic N) is 1. The average molecular weight is 278 g/mol. The van der Waals surface area contributed by atoms with Crippen LogP contribution in [0.5, 0.6) is 0 Å². The van der Waals surface area contributed by atoms with Gasteiger partial charge in [-0.15, -0.1) is 0 Å². The van der Waals surface area contributed by atoms with Crippen LogP contribution in [-0.4, -0.2) is 29.4 Å². The molecular weight excluding hydrogens is 248 g/mol. The van der Waals surface area contributed by atoms with E-state index in [1.165, 1.54) is 57.8 Å². The van der Waals surface area contributed by atoms with E-state index in [1.54, 1.807) is 0 Å². The summed E-state index contributed by atoms with van der Waals surface area (Å²) < 4.78 is 0. The zero-order valence-corrected chi connectivity index (χ0v) is 12.7. The maximum atomic E-state index is 13.0. The Bertz CT molecular complexity index is 342. The summed E-state index contributed by atoms with van der Waals surface area (Å²) in [6.45, 7) is 0.989. The Morgan fingerprint density at radius 1 is 0.850 bits per heavy atom. The molecule has 2 saturated carbocycles. The fourth-order valence-electron chi connectivity index (χ4n) is 4.75. The Morgan fingerprint density at radius 2 is 1.55 bits per heavy atom. The first kappa shape index (κ1) is 14.4. The molecule has 2 N–H and O–H groups in total. The third-order valence-corrected chi connectivity index (χ3v) is 5.91. The van der Waals surface area contributed by atoms with Crippen molar-refractivity contribution in [3.63, 3.8) is 0 Å². The summed E-state index contributed by atoms with van der Waals surface area (Å²) >= 11 is 0. The molecule has 1 aliphatic heterocycles. The zero-order valence-electron chi connectivity index (χ0n) is 12.7. The molecule has 3 fully saturated rings. The number of amides is 1. The Labute approximate surface area is 123 Å². The van der Waals surface area contributed by atoms with E-state index in [9.17, 15) is 4.79 Å². The number of rotatable bonds is 1. The van der Waals surface area contributed by atoms with Gasteiger partial charge in [0.15, 0.2) is 0 Å². The molecule has 0 spiro atoms. The molecule has 3 rings (SSSR count). The van der Waals surface area contributed by atoms with Crippen LogP contribution in [0.4, 0.5) is 0 Å². The lowest BCUT2D eigenvalue weighted by Gasteiger charge is -2.45. The summed E-state index contributed by atoms with van der Waals surface area (Å²) in [5.41, 5.74) is 6.31. The van der Waals surface area contributed by atoms with Gasteiger partial charge in [0, 0.05) is 18.6 Å². The summed E-state index contributed by atoms with van der Waals surface area (Å²) in [7, 11) is 0. The fraction of sp³-hybridized carbons (Fsp3) is 0.941. The molecule has 20 heavy (non-hydrogen) atoms. The second-order valence-electron chi connectivity index (χ2n) is 7.19. The van der Waals surface area contributed by atoms with Crippen LogP contribution in [0.25, 0.3) is 0 Å². The van der Waals surface area contributed by atoms with E-state index >= 15 is 0 Å². The molecule has 3 aliphatic rings. The molecule has 3 heteroatoms. The van der Waals surface area contributed by atoms with Gasteiger partial charge in [-0.25, -0.2) is 0 Å². The van der Waals surface area contributed by atoms with Crippen molar-refractivity contribution in [3.8, 4) is 0 Å². The molecule has 1 heterocycles. The van der Waals surface area contributed by atoms with Gasteiger partial charge in [-0.05, 0) is 44.4 Å². The zero-order chi connectivity index (χ0) is 13.9. The molecule has 1 amide bonds. The van der Waals surface area contributed by atoms with Crippen molar-refractivity contribution < 1.29 is 4.79 Å². The van der Waals surface area contributed by atoms with Gasteiger partial charge in [-0.2, -0.15) is 0 Å². The lowest BCUT2D eigenvalue weighted by Crippen LogP contribution is -2.53. The van der Waals surface area contributed by atoms with E-state index in [4.69, 9.17) is 5.73 Å². The fourth-order valence-corrected chi connectivity index (χ4v) is 4.75. The number of carbonyl (C=O) groups excluding carboxylic acids is 1. The second kappa shape index (κ2) is 6.46. The van der Waals surface area contributed by atoms with Crippen molar-refractivity contribution in [3.05, 3.63) is 0 Å². The molecule has 0 radical (unpaired) electrons. The second-order valence-corrected chi connectivity index (χ2v) is 7.19. The van der Waals surface area contributed by atoms with Crippen LogP contribution in [0.3, 0.4) is 0 Å². The predicted octanol–water partition coefficient (Wildman–Crippen LogP) is 3.08. The first-order valence-corrected chi connectivity index (χ1v) is 8.83. The van der Waals surface area contributed by atoms with E-state index in [-0.39, 0.29) is 12.0 Å². The van der Waals surface area contributed by atoms with E-state index in [0.717, 1.165) is 25.3 Å². The van der Waals surface area contributed by atoms with E-state index in [1.807, 2.05) is 0 Å². The average Bonchev–Trinajstić information content (AvgIpc) is 2.70. The van der Waals surface area contributed by atoms with Crippen LogP contribution in [-0.2, 0) is 4.79 Å². The van der Waals surface area contributed by atoms with Gasteiger partial charge in [0.05, 0.1) is 5.92 Å². The van der Waals surface area contributed by atoms with Crippen molar-refractivity contribution >= 4 is 5.91 Å². The Balaban J connectivity index is 1.71. The monoisotopic (exact) mass is 278 g/mol. The van der Waals surface area contributed by atoms with Gasteiger partial charge in [0.25, 0.3) is 0 Å². The van der Waals surface area contributed by atoms with Gasteiger partial charge in [-0.3, -0.25) is 4.79 Å². The summed E-state index contributed by atoms with van der Waals surface area (Å²) in [6, 6.07) is 0.648. The smallest absolute Gasteiger partial charge is 0.227 e. The summed E-state index contributed by atoms with van der Waals surface area (Å²) in [5.74, 6) is 1.29. The molecule has 1 saturated heterocycles. The summed E-state index contributed by atoms with van der Waals surface area (Å²) in [4.78, 5) is 15.3.